The molecule has 3 rings (SSSR count). The van der Waals surface area contributed by atoms with Gasteiger partial charge in [0.2, 0.25) is 5.91 Å². The van der Waals surface area contributed by atoms with Crippen molar-refractivity contribution >= 4 is 17.4 Å². The lowest BCUT2D eigenvalue weighted by Gasteiger charge is -2.32. The van der Waals surface area contributed by atoms with Gasteiger partial charge in [-0.25, -0.2) is 4.98 Å². The summed E-state index contributed by atoms with van der Waals surface area (Å²) < 4.78 is 1.62. The Morgan fingerprint density at radius 2 is 2.05 bits per heavy atom. The van der Waals surface area contributed by atoms with E-state index in [4.69, 9.17) is 5.26 Å². The summed E-state index contributed by atoms with van der Waals surface area (Å²) >= 11 is 0. The monoisotopic (exact) mass is 283 g/mol. The van der Waals surface area contributed by atoms with Crippen molar-refractivity contribution in [2.75, 3.05) is 4.90 Å². The quantitative estimate of drug-likeness (QED) is 0.742. The Bertz CT molecular complexity index is 806. The van der Waals surface area contributed by atoms with Crippen molar-refractivity contribution in [2.45, 2.75) is 46.1 Å². The van der Waals surface area contributed by atoms with Crippen LogP contribution in [0.15, 0.2) is 6.20 Å². The number of carbonyl (C=O) groups is 1. The van der Waals surface area contributed by atoms with Crippen molar-refractivity contribution in [3.63, 3.8) is 0 Å². The number of fused-ring (bicyclic) bond motifs is 3. The van der Waals surface area contributed by atoms with Gasteiger partial charge in [-0.3, -0.25) is 9.69 Å². The molecule has 2 aromatic heterocycles. The second-order valence-electron chi connectivity index (χ2n) is 6.41. The number of anilines is 1. The lowest BCUT2D eigenvalue weighted by molar-refractivity contribution is -0.119. The summed E-state index contributed by atoms with van der Waals surface area (Å²) in [7, 11) is 0. The van der Waals surface area contributed by atoms with Crippen LogP contribution in [0.3, 0.4) is 0 Å². The number of aromatic nitrogens is 3. The van der Waals surface area contributed by atoms with Crippen LogP contribution < -0.4 is 4.90 Å². The molecule has 3 heterocycles. The molecule has 0 spiro atoms. The first-order valence-corrected chi connectivity index (χ1v) is 6.89. The lowest BCUT2D eigenvalue weighted by Crippen LogP contribution is -2.45. The van der Waals surface area contributed by atoms with Crippen molar-refractivity contribution in [1.29, 1.82) is 5.26 Å². The van der Waals surface area contributed by atoms with Crippen LogP contribution >= 0.6 is 0 Å². The number of amides is 1. The van der Waals surface area contributed by atoms with E-state index in [1.807, 2.05) is 34.6 Å². The molecule has 0 saturated heterocycles. The van der Waals surface area contributed by atoms with Crippen molar-refractivity contribution in [3.05, 3.63) is 23.0 Å². The fourth-order valence-corrected chi connectivity index (χ4v) is 2.97. The van der Waals surface area contributed by atoms with Gasteiger partial charge in [0, 0.05) is 16.8 Å². The molecule has 1 atom stereocenters. The largest absolute Gasteiger partial charge is 0.290 e. The maximum absolute atomic E-state index is 12.7. The molecule has 21 heavy (non-hydrogen) atoms. The van der Waals surface area contributed by atoms with E-state index in [1.165, 1.54) is 6.20 Å². The topological polar surface area (TPSA) is 74.3 Å². The molecule has 2 aromatic rings. The molecule has 0 aromatic carbocycles. The lowest BCUT2D eigenvalue weighted by atomic mass is 10.0. The Kier molecular flexibility index (Phi) is 2.61. The molecule has 0 fully saturated rings. The van der Waals surface area contributed by atoms with Gasteiger partial charge in [0.15, 0.2) is 5.65 Å². The van der Waals surface area contributed by atoms with Crippen LogP contribution in [0.4, 0.5) is 5.82 Å². The third-order valence-corrected chi connectivity index (χ3v) is 3.88. The molecule has 0 saturated carbocycles. The first-order valence-electron chi connectivity index (χ1n) is 6.89. The second kappa shape index (κ2) is 4.04. The van der Waals surface area contributed by atoms with E-state index in [2.05, 4.69) is 16.2 Å². The van der Waals surface area contributed by atoms with Gasteiger partial charge in [0.1, 0.15) is 17.5 Å². The minimum Gasteiger partial charge on any atom is -0.290 e. The van der Waals surface area contributed by atoms with Gasteiger partial charge in [-0.05, 0) is 34.6 Å². The number of nitrogens with zero attached hydrogens (tertiary/aromatic N) is 5. The van der Waals surface area contributed by atoms with Crippen molar-refractivity contribution in [2.24, 2.45) is 0 Å². The van der Waals surface area contributed by atoms with Crippen molar-refractivity contribution < 1.29 is 4.79 Å². The second-order valence-corrected chi connectivity index (χ2v) is 6.41. The molecule has 0 radical (unpaired) electrons. The average molecular weight is 283 g/mol. The predicted octanol–water partition coefficient (Wildman–Crippen LogP) is 2.16. The van der Waals surface area contributed by atoms with Gasteiger partial charge < -0.3 is 0 Å². The zero-order chi connectivity index (χ0) is 15.5. The molecular weight excluding hydrogens is 266 g/mol. The first-order chi connectivity index (χ1) is 9.77. The molecule has 6 heteroatoms. The Hall–Kier alpha value is -2.42. The Morgan fingerprint density at radius 3 is 2.62 bits per heavy atom. The van der Waals surface area contributed by atoms with Crippen LogP contribution in [-0.4, -0.2) is 26.0 Å². The highest BCUT2D eigenvalue weighted by Gasteiger charge is 2.43. The normalized spacial score (nSPS) is 18.2. The van der Waals surface area contributed by atoms with Gasteiger partial charge in [-0.2, -0.15) is 14.9 Å². The molecular formula is C15H17N5O. The average Bonchev–Trinajstić information content (AvgIpc) is 2.89. The fourth-order valence-electron chi connectivity index (χ4n) is 2.97. The summed E-state index contributed by atoms with van der Waals surface area (Å²) in [6, 6.07) is 2.10. The molecule has 0 aliphatic carbocycles. The molecule has 108 valence electrons. The molecule has 1 unspecified atom stereocenters. The predicted molar refractivity (Wildman–Crippen MR) is 78.1 cm³/mol. The number of hydrogen-bond donors (Lipinski definition) is 0. The van der Waals surface area contributed by atoms with Crippen LogP contribution in [0.25, 0.3) is 5.65 Å². The van der Waals surface area contributed by atoms with Crippen LogP contribution in [0.2, 0.25) is 0 Å². The first kappa shape index (κ1) is 13.6. The van der Waals surface area contributed by atoms with Crippen LogP contribution in [0, 0.1) is 18.3 Å². The van der Waals surface area contributed by atoms with Crippen LogP contribution in [-0.2, 0) is 4.79 Å². The minimum atomic E-state index is -0.365. The number of rotatable bonds is 0. The molecule has 0 bridgehead atoms. The van der Waals surface area contributed by atoms with Gasteiger partial charge in [-0.1, -0.05) is 0 Å². The van der Waals surface area contributed by atoms with Crippen molar-refractivity contribution in [3.8, 4) is 6.07 Å². The SMILES string of the molecule is Cc1nc2c(C#N)cnn2c2c1C(C)C(=O)N2C(C)(C)C. The van der Waals surface area contributed by atoms with Crippen LogP contribution in [0.1, 0.15) is 50.4 Å². The molecule has 1 amide bonds. The molecule has 1 aliphatic heterocycles. The van der Waals surface area contributed by atoms with E-state index in [-0.39, 0.29) is 17.4 Å². The third kappa shape index (κ3) is 1.67. The number of hydrogen-bond acceptors (Lipinski definition) is 4. The highest BCUT2D eigenvalue weighted by molar-refractivity contribution is 6.05. The van der Waals surface area contributed by atoms with Crippen molar-refractivity contribution in [1.82, 2.24) is 14.6 Å². The number of aryl methyl sites for hydroxylation is 1. The summed E-state index contributed by atoms with van der Waals surface area (Å²) in [6.07, 6.45) is 1.50. The summed E-state index contributed by atoms with van der Waals surface area (Å²) in [5, 5.41) is 13.4. The highest BCUT2D eigenvalue weighted by Crippen LogP contribution is 2.42. The van der Waals surface area contributed by atoms with E-state index in [9.17, 15) is 4.79 Å². The van der Waals surface area contributed by atoms with E-state index in [1.54, 1.807) is 9.42 Å². The smallest absolute Gasteiger partial charge is 0.236 e. The molecule has 1 aliphatic rings. The Morgan fingerprint density at radius 1 is 1.38 bits per heavy atom. The summed E-state index contributed by atoms with van der Waals surface area (Å²) in [5.74, 6) is 0.541. The van der Waals surface area contributed by atoms with E-state index in [0.29, 0.717) is 11.2 Å². The van der Waals surface area contributed by atoms with Gasteiger partial charge in [-0.15, -0.1) is 0 Å². The molecule has 6 nitrogen and oxygen atoms in total. The zero-order valence-corrected chi connectivity index (χ0v) is 12.8. The summed E-state index contributed by atoms with van der Waals surface area (Å²) in [4.78, 5) is 18.9. The van der Waals surface area contributed by atoms with E-state index >= 15 is 0 Å². The van der Waals surface area contributed by atoms with E-state index in [0.717, 1.165) is 17.1 Å². The Balaban J connectivity index is 2.44. The summed E-state index contributed by atoms with van der Waals surface area (Å²) in [6.45, 7) is 9.74. The maximum Gasteiger partial charge on any atom is 0.236 e. The van der Waals surface area contributed by atoms with Gasteiger partial charge in [0.25, 0.3) is 0 Å². The van der Waals surface area contributed by atoms with Gasteiger partial charge in [0.05, 0.1) is 12.1 Å². The summed E-state index contributed by atoms with van der Waals surface area (Å²) in [5.41, 5.74) is 2.24. The standard InChI is InChI=1S/C15H17N5O/c1-8-11-9(2)18-12-10(6-16)7-17-20(12)13(11)19(14(8)21)15(3,4)5/h7-8H,1-5H3. The Labute approximate surface area is 123 Å². The highest BCUT2D eigenvalue weighted by atomic mass is 16.2. The third-order valence-electron chi connectivity index (χ3n) is 3.88. The zero-order valence-electron chi connectivity index (χ0n) is 12.8. The van der Waals surface area contributed by atoms with Crippen LogP contribution in [0.5, 0.6) is 0 Å². The van der Waals surface area contributed by atoms with Gasteiger partial charge >= 0.3 is 0 Å². The maximum atomic E-state index is 12.7. The molecule has 0 N–H and O–H groups in total. The minimum absolute atomic E-state index is 0.0453. The number of carbonyl (C=O) groups excluding carboxylic acids is 1. The van der Waals surface area contributed by atoms with E-state index < -0.39 is 0 Å². The fraction of sp³-hybridized carbons (Fsp3) is 0.467. The number of nitriles is 1.